The number of benzene rings is 2. The molecule has 0 aliphatic rings. The van der Waals surface area contributed by atoms with Crippen molar-refractivity contribution in [3.05, 3.63) is 35.9 Å². The molecule has 2 aromatic rings. The molecule has 1 amide bonds. The minimum atomic E-state index is -3.74. The first-order valence-corrected chi connectivity index (χ1v) is 12.0. The molecule has 0 aromatic heterocycles. The molecular formula is C23H32N2O7S. The zero-order valence-corrected chi connectivity index (χ0v) is 20.9. The molecule has 0 fully saturated rings. The van der Waals surface area contributed by atoms with Crippen molar-refractivity contribution in [3.8, 4) is 23.0 Å². The molecule has 0 saturated heterocycles. The first kappa shape index (κ1) is 26.3. The molecule has 2 aromatic carbocycles. The molecule has 1 N–H and O–H groups in total. The summed E-state index contributed by atoms with van der Waals surface area (Å²) in [4.78, 5) is 13.3. The predicted octanol–water partition coefficient (Wildman–Crippen LogP) is 3.78. The van der Waals surface area contributed by atoms with E-state index in [9.17, 15) is 13.2 Å². The minimum absolute atomic E-state index is 0.0527. The molecule has 0 atom stereocenters. The standard InChI is InChI=1S/C23H32N2O7S/c1-8-25(9-2)33(27,28)16-10-11-19(32-15(3)4)18(12-16)24-23(26)17-13-21(30-6)22(31-7)14-20(17)29-5/h10-15H,8-9H2,1-7H3,(H,24,26). The Morgan fingerprint density at radius 1 is 0.909 bits per heavy atom. The quantitative estimate of drug-likeness (QED) is 0.522. The van der Waals surface area contributed by atoms with Crippen LogP contribution >= 0.6 is 0 Å². The van der Waals surface area contributed by atoms with Gasteiger partial charge in [0.2, 0.25) is 10.0 Å². The summed E-state index contributed by atoms with van der Waals surface area (Å²) in [5, 5.41) is 2.76. The summed E-state index contributed by atoms with van der Waals surface area (Å²) < 4.78 is 49.1. The maximum atomic E-state index is 13.2. The monoisotopic (exact) mass is 480 g/mol. The maximum Gasteiger partial charge on any atom is 0.259 e. The average molecular weight is 481 g/mol. The molecule has 10 heteroatoms. The Labute approximate surface area is 195 Å². The number of carbonyl (C=O) groups excluding carboxylic acids is 1. The molecule has 33 heavy (non-hydrogen) atoms. The number of nitrogens with zero attached hydrogens (tertiary/aromatic N) is 1. The summed E-state index contributed by atoms with van der Waals surface area (Å²) in [6, 6.07) is 7.44. The molecular weight excluding hydrogens is 448 g/mol. The van der Waals surface area contributed by atoms with E-state index in [0.717, 1.165) is 0 Å². The van der Waals surface area contributed by atoms with Gasteiger partial charge in [0.15, 0.2) is 11.5 Å². The summed E-state index contributed by atoms with van der Waals surface area (Å²) in [6.07, 6.45) is -0.193. The fraction of sp³-hybridized carbons (Fsp3) is 0.435. The van der Waals surface area contributed by atoms with Crippen LogP contribution in [0, 0.1) is 0 Å². The summed E-state index contributed by atoms with van der Waals surface area (Å²) in [7, 11) is 0.638. The number of ether oxygens (including phenoxy) is 4. The lowest BCUT2D eigenvalue weighted by atomic mass is 10.1. The zero-order chi connectivity index (χ0) is 24.8. The first-order valence-electron chi connectivity index (χ1n) is 10.5. The van der Waals surface area contributed by atoms with Crippen molar-refractivity contribution in [1.29, 1.82) is 0 Å². The third-order valence-electron chi connectivity index (χ3n) is 4.86. The summed E-state index contributed by atoms with van der Waals surface area (Å²) in [5.41, 5.74) is 0.404. The normalized spacial score (nSPS) is 11.4. The van der Waals surface area contributed by atoms with Crippen LogP contribution in [0.15, 0.2) is 35.2 Å². The van der Waals surface area contributed by atoms with Crippen molar-refractivity contribution >= 4 is 21.6 Å². The van der Waals surface area contributed by atoms with Crippen LogP contribution < -0.4 is 24.3 Å². The molecule has 0 aliphatic carbocycles. The molecule has 0 unspecified atom stereocenters. The highest BCUT2D eigenvalue weighted by Crippen LogP contribution is 2.36. The summed E-state index contributed by atoms with van der Waals surface area (Å²) >= 11 is 0. The Kier molecular flexibility index (Phi) is 8.95. The third kappa shape index (κ3) is 5.88. The zero-order valence-electron chi connectivity index (χ0n) is 20.1. The van der Waals surface area contributed by atoms with E-state index in [1.54, 1.807) is 19.9 Å². The van der Waals surface area contributed by atoms with Gasteiger partial charge in [-0.25, -0.2) is 8.42 Å². The number of hydrogen-bond acceptors (Lipinski definition) is 7. The molecule has 0 aliphatic heterocycles. The third-order valence-corrected chi connectivity index (χ3v) is 6.90. The van der Waals surface area contributed by atoms with E-state index in [-0.39, 0.29) is 28.0 Å². The maximum absolute atomic E-state index is 13.2. The average Bonchev–Trinajstić information content (AvgIpc) is 2.79. The molecule has 0 spiro atoms. The minimum Gasteiger partial charge on any atom is -0.496 e. The van der Waals surface area contributed by atoms with Gasteiger partial charge in [-0.2, -0.15) is 4.31 Å². The Morgan fingerprint density at radius 2 is 1.48 bits per heavy atom. The lowest BCUT2D eigenvalue weighted by Gasteiger charge is -2.21. The van der Waals surface area contributed by atoms with Crippen molar-refractivity contribution in [3.63, 3.8) is 0 Å². The van der Waals surface area contributed by atoms with Crippen molar-refractivity contribution in [2.45, 2.75) is 38.7 Å². The smallest absolute Gasteiger partial charge is 0.259 e. The highest BCUT2D eigenvalue weighted by atomic mass is 32.2. The Balaban J connectivity index is 2.55. The van der Waals surface area contributed by atoms with E-state index in [1.807, 2.05) is 13.8 Å². The second kappa shape index (κ2) is 11.2. The van der Waals surface area contributed by atoms with Gasteiger partial charge < -0.3 is 24.3 Å². The summed E-state index contributed by atoms with van der Waals surface area (Å²) in [5.74, 6) is 0.834. The van der Waals surface area contributed by atoms with Crippen LogP contribution in [0.2, 0.25) is 0 Å². The van der Waals surface area contributed by atoms with E-state index in [0.29, 0.717) is 30.3 Å². The van der Waals surface area contributed by atoms with Crippen molar-refractivity contribution < 1.29 is 32.2 Å². The van der Waals surface area contributed by atoms with Crippen LogP contribution in [0.5, 0.6) is 23.0 Å². The number of hydrogen-bond donors (Lipinski definition) is 1. The largest absolute Gasteiger partial charge is 0.496 e. The van der Waals surface area contributed by atoms with E-state index >= 15 is 0 Å². The molecule has 0 saturated carbocycles. The van der Waals surface area contributed by atoms with E-state index in [4.69, 9.17) is 18.9 Å². The molecule has 0 heterocycles. The van der Waals surface area contributed by atoms with Crippen LogP contribution in [0.3, 0.4) is 0 Å². The molecule has 2 rings (SSSR count). The lowest BCUT2D eigenvalue weighted by molar-refractivity contribution is 0.102. The van der Waals surface area contributed by atoms with Gasteiger partial charge in [0, 0.05) is 25.2 Å². The SMILES string of the molecule is CCN(CC)S(=O)(=O)c1ccc(OC(C)C)c(NC(=O)c2cc(OC)c(OC)cc2OC)c1. The molecule has 9 nitrogen and oxygen atoms in total. The molecule has 182 valence electrons. The number of anilines is 1. The number of carbonyl (C=O) groups is 1. The Hall–Kier alpha value is -2.98. The van der Waals surface area contributed by atoms with Gasteiger partial charge in [-0.05, 0) is 32.0 Å². The highest BCUT2D eigenvalue weighted by molar-refractivity contribution is 7.89. The van der Waals surface area contributed by atoms with Crippen LogP contribution in [-0.4, -0.2) is 59.2 Å². The predicted molar refractivity (Wildman–Crippen MR) is 126 cm³/mol. The Morgan fingerprint density at radius 3 is 2.00 bits per heavy atom. The van der Waals surface area contributed by atoms with Crippen molar-refractivity contribution in [2.24, 2.45) is 0 Å². The van der Waals surface area contributed by atoms with Crippen LogP contribution in [-0.2, 0) is 10.0 Å². The number of sulfonamides is 1. The van der Waals surface area contributed by atoms with Gasteiger partial charge >= 0.3 is 0 Å². The van der Waals surface area contributed by atoms with Crippen LogP contribution in [0.25, 0.3) is 0 Å². The van der Waals surface area contributed by atoms with Crippen LogP contribution in [0.1, 0.15) is 38.1 Å². The van der Waals surface area contributed by atoms with E-state index < -0.39 is 15.9 Å². The van der Waals surface area contributed by atoms with Gasteiger partial charge in [-0.1, -0.05) is 13.8 Å². The number of nitrogens with one attached hydrogen (secondary N) is 1. The van der Waals surface area contributed by atoms with Crippen molar-refractivity contribution in [1.82, 2.24) is 4.31 Å². The van der Waals surface area contributed by atoms with Gasteiger partial charge in [0.25, 0.3) is 5.91 Å². The highest BCUT2D eigenvalue weighted by Gasteiger charge is 2.25. The number of amides is 1. The number of methoxy groups -OCH3 is 3. The second-order valence-electron chi connectivity index (χ2n) is 7.28. The molecule has 0 radical (unpaired) electrons. The second-order valence-corrected chi connectivity index (χ2v) is 9.21. The topological polar surface area (TPSA) is 103 Å². The van der Waals surface area contributed by atoms with Crippen molar-refractivity contribution in [2.75, 3.05) is 39.7 Å². The van der Waals surface area contributed by atoms with Gasteiger partial charge in [0.05, 0.1) is 43.6 Å². The van der Waals surface area contributed by atoms with Crippen LogP contribution in [0.4, 0.5) is 5.69 Å². The number of rotatable bonds is 11. The van der Waals surface area contributed by atoms with E-state index in [1.165, 1.54) is 49.9 Å². The lowest BCUT2D eigenvalue weighted by Crippen LogP contribution is -2.30. The summed E-state index contributed by atoms with van der Waals surface area (Å²) in [6.45, 7) is 7.86. The fourth-order valence-electron chi connectivity index (χ4n) is 3.23. The van der Waals surface area contributed by atoms with E-state index in [2.05, 4.69) is 5.32 Å². The fourth-order valence-corrected chi connectivity index (χ4v) is 4.72. The Bertz CT molecular complexity index is 1080. The molecule has 0 bridgehead atoms. The van der Waals surface area contributed by atoms with Gasteiger partial charge in [0.1, 0.15) is 11.5 Å². The first-order chi connectivity index (χ1) is 15.6. The van der Waals surface area contributed by atoms with Gasteiger partial charge in [-0.15, -0.1) is 0 Å². The van der Waals surface area contributed by atoms with Gasteiger partial charge in [-0.3, -0.25) is 4.79 Å².